The number of carbonyl (C=O) groups is 2. The molecule has 0 heterocycles. The Morgan fingerprint density at radius 2 is 1.62 bits per heavy atom. The lowest BCUT2D eigenvalue weighted by molar-refractivity contribution is -0.123. The average molecular weight is 461 g/mol. The fourth-order valence-corrected chi connectivity index (χ4v) is 4.36. The summed E-state index contributed by atoms with van der Waals surface area (Å²) in [5, 5.41) is 2.87. The van der Waals surface area contributed by atoms with E-state index in [9.17, 15) is 18.0 Å². The van der Waals surface area contributed by atoms with E-state index in [1.165, 1.54) is 31.2 Å². The molecule has 8 heteroatoms. The number of rotatable bonds is 9. The Morgan fingerprint density at radius 1 is 1.00 bits per heavy atom. The molecule has 2 rings (SSSR count). The Hall–Kier alpha value is -2.71. The van der Waals surface area contributed by atoms with Gasteiger partial charge < -0.3 is 10.1 Å². The Labute approximate surface area is 190 Å². The summed E-state index contributed by atoms with van der Waals surface area (Å²) in [4.78, 5) is 25.2. The quantitative estimate of drug-likeness (QED) is 0.541. The third-order valence-electron chi connectivity index (χ3n) is 5.20. The number of carbonyl (C=O) groups excluding carboxylic acids is 2. The van der Waals surface area contributed by atoms with Crippen LogP contribution in [0.2, 0.25) is 0 Å². The maximum absolute atomic E-state index is 12.6. The van der Waals surface area contributed by atoms with E-state index < -0.39 is 28.0 Å². The normalized spacial score (nSPS) is 13.5. The molecule has 2 aromatic carbocycles. The van der Waals surface area contributed by atoms with Crippen LogP contribution < -0.4 is 10.0 Å². The van der Waals surface area contributed by atoms with Crippen LogP contribution in [0.3, 0.4) is 0 Å². The second-order valence-electron chi connectivity index (χ2n) is 8.19. The largest absolute Gasteiger partial charge is 0.449 e. The molecule has 1 amide bonds. The molecule has 2 unspecified atom stereocenters. The van der Waals surface area contributed by atoms with Crippen LogP contribution >= 0.6 is 0 Å². The molecule has 32 heavy (non-hydrogen) atoms. The monoisotopic (exact) mass is 460 g/mol. The summed E-state index contributed by atoms with van der Waals surface area (Å²) in [6, 6.07) is 11.0. The number of nitrogens with one attached hydrogen (secondary N) is 2. The Bertz CT molecular complexity index is 1060. The third kappa shape index (κ3) is 6.40. The first kappa shape index (κ1) is 25.5. The predicted molar refractivity (Wildman–Crippen MR) is 125 cm³/mol. The number of amides is 1. The molecule has 2 aromatic rings. The second kappa shape index (κ2) is 10.7. The van der Waals surface area contributed by atoms with Gasteiger partial charge in [-0.1, -0.05) is 39.0 Å². The summed E-state index contributed by atoms with van der Waals surface area (Å²) in [6.45, 7) is 11.1. The number of aryl methyl sites for hydroxylation is 1. The number of para-hydroxylation sites is 1. The van der Waals surface area contributed by atoms with Crippen LogP contribution in [-0.4, -0.2) is 32.4 Å². The van der Waals surface area contributed by atoms with Gasteiger partial charge in [-0.05, 0) is 68.5 Å². The van der Waals surface area contributed by atoms with Gasteiger partial charge in [0.15, 0.2) is 6.10 Å². The smallest absolute Gasteiger partial charge is 0.338 e. The second-order valence-corrected chi connectivity index (χ2v) is 9.90. The number of sulfonamides is 1. The summed E-state index contributed by atoms with van der Waals surface area (Å²) in [7, 11) is -3.67. The van der Waals surface area contributed by atoms with Gasteiger partial charge in [0.25, 0.3) is 5.91 Å². The Kier molecular flexibility index (Phi) is 8.58. The molecule has 0 bridgehead atoms. The summed E-state index contributed by atoms with van der Waals surface area (Å²) in [5.74, 6) is -0.931. The Balaban J connectivity index is 2.07. The van der Waals surface area contributed by atoms with E-state index in [1.54, 1.807) is 6.92 Å². The number of ether oxygens (including phenoxy) is 1. The van der Waals surface area contributed by atoms with E-state index in [0.29, 0.717) is 6.42 Å². The van der Waals surface area contributed by atoms with Crippen LogP contribution in [0.4, 0.5) is 5.69 Å². The minimum atomic E-state index is -3.67. The van der Waals surface area contributed by atoms with Gasteiger partial charge in [-0.3, -0.25) is 4.79 Å². The maximum Gasteiger partial charge on any atom is 0.338 e. The van der Waals surface area contributed by atoms with Crippen LogP contribution in [0.15, 0.2) is 47.4 Å². The maximum atomic E-state index is 12.6. The first-order valence-electron chi connectivity index (χ1n) is 10.7. The van der Waals surface area contributed by atoms with Crippen molar-refractivity contribution in [3.05, 3.63) is 59.2 Å². The van der Waals surface area contributed by atoms with E-state index in [4.69, 9.17) is 4.74 Å². The molecule has 2 atom stereocenters. The van der Waals surface area contributed by atoms with Crippen LogP contribution in [0.5, 0.6) is 0 Å². The highest BCUT2D eigenvalue weighted by molar-refractivity contribution is 7.89. The van der Waals surface area contributed by atoms with E-state index in [1.807, 2.05) is 45.9 Å². The van der Waals surface area contributed by atoms with Crippen LogP contribution in [0.1, 0.15) is 68.4 Å². The molecule has 0 fully saturated rings. The zero-order valence-electron chi connectivity index (χ0n) is 19.4. The zero-order chi connectivity index (χ0) is 24.1. The number of benzene rings is 2. The molecule has 0 aliphatic heterocycles. The minimum absolute atomic E-state index is 0.0564. The summed E-state index contributed by atoms with van der Waals surface area (Å²) in [5.41, 5.74) is 2.80. The number of hydrogen-bond donors (Lipinski definition) is 2. The number of esters is 1. The van der Waals surface area contributed by atoms with Crippen molar-refractivity contribution in [3.63, 3.8) is 0 Å². The fraction of sp³-hybridized carbons (Fsp3) is 0.417. The number of anilines is 1. The third-order valence-corrected chi connectivity index (χ3v) is 6.80. The molecule has 2 N–H and O–H groups in total. The molecule has 0 aromatic heterocycles. The lowest BCUT2D eigenvalue weighted by Crippen LogP contribution is -2.32. The molecule has 0 saturated carbocycles. The summed E-state index contributed by atoms with van der Waals surface area (Å²) < 4.78 is 32.6. The van der Waals surface area contributed by atoms with Gasteiger partial charge >= 0.3 is 5.97 Å². The standard InChI is InChI=1S/C24H32N2O5S/c1-7-17(5)26-32(29,30)20-13-11-19(12-14-20)24(28)31-18(6)23(27)25-22-16(4)9-8-10-21(22)15(2)3/h8-15,17-18,26H,7H2,1-6H3,(H,25,27). The van der Waals surface area contributed by atoms with Gasteiger partial charge in [0.2, 0.25) is 10.0 Å². The van der Waals surface area contributed by atoms with E-state index in [2.05, 4.69) is 10.0 Å². The highest BCUT2D eigenvalue weighted by atomic mass is 32.2. The molecule has 174 valence electrons. The lowest BCUT2D eigenvalue weighted by atomic mass is 9.98. The van der Waals surface area contributed by atoms with E-state index in [0.717, 1.165) is 16.8 Å². The highest BCUT2D eigenvalue weighted by Gasteiger charge is 2.22. The van der Waals surface area contributed by atoms with Crippen LogP contribution in [-0.2, 0) is 19.6 Å². The van der Waals surface area contributed by atoms with Gasteiger partial charge in [0, 0.05) is 11.7 Å². The van der Waals surface area contributed by atoms with Gasteiger partial charge in [-0.2, -0.15) is 0 Å². The first-order valence-corrected chi connectivity index (χ1v) is 12.2. The average Bonchev–Trinajstić information content (AvgIpc) is 2.74. The minimum Gasteiger partial charge on any atom is -0.449 e. The fourth-order valence-electron chi connectivity index (χ4n) is 3.04. The summed E-state index contributed by atoms with van der Waals surface area (Å²) in [6.07, 6.45) is -0.373. The molecular weight excluding hydrogens is 428 g/mol. The van der Waals surface area contributed by atoms with Crippen molar-refractivity contribution in [2.75, 3.05) is 5.32 Å². The SMILES string of the molecule is CCC(C)NS(=O)(=O)c1ccc(C(=O)OC(C)C(=O)Nc2c(C)cccc2C(C)C)cc1. The highest BCUT2D eigenvalue weighted by Crippen LogP contribution is 2.27. The lowest BCUT2D eigenvalue weighted by Gasteiger charge is -2.19. The van der Waals surface area contributed by atoms with E-state index in [-0.39, 0.29) is 22.4 Å². The first-order chi connectivity index (χ1) is 15.0. The van der Waals surface area contributed by atoms with Gasteiger partial charge in [-0.25, -0.2) is 17.9 Å². The Morgan fingerprint density at radius 3 is 2.19 bits per heavy atom. The van der Waals surface area contributed by atoms with Gasteiger partial charge in [0.1, 0.15) is 0 Å². The predicted octanol–water partition coefficient (Wildman–Crippen LogP) is 4.38. The molecule has 0 spiro atoms. The molecular formula is C24H32N2O5S. The van der Waals surface area contributed by atoms with Crippen molar-refractivity contribution < 1.29 is 22.7 Å². The molecule has 0 radical (unpaired) electrons. The molecule has 0 aliphatic carbocycles. The van der Waals surface area contributed by atoms with Crippen LogP contribution in [0.25, 0.3) is 0 Å². The van der Waals surface area contributed by atoms with Crippen molar-refractivity contribution in [1.29, 1.82) is 0 Å². The van der Waals surface area contributed by atoms with E-state index >= 15 is 0 Å². The number of hydrogen-bond acceptors (Lipinski definition) is 5. The van der Waals surface area contributed by atoms with Crippen molar-refractivity contribution >= 4 is 27.6 Å². The summed E-state index contributed by atoms with van der Waals surface area (Å²) >= 11 is 0. The molecule has 7 nitrogen and oxygen atoms in total. The van der Waals surface area contributed by atoms with Gasteiger partial charge in [0.05, 0.1) is 10.5 Å². The van der Waals surface area contributed by atoms with Gasteiger partial charge in [-0.15, -0.1) is 0 Å². The topological polar surface area (TPSA) is 102 Å². The molecule has 0 saturated heterocycles. The van der Waals surface area contributed by atoms with Crippen molar-refractivity contribution in [3.8, 4) is 0 Å². The van der Waals surface area contributed by atoms with Crippen molar-refractivity contribution in [1.82, 2.24) is 4.72 Å². The van der Waals surface area contributed by atoms with Crippen molar-refractivity contribution in [2.24, 2.45) is 0 Å². The zero-order valence-corrected chi connectivity index (χ0v) is 20.2. The van der Waals surface area contributed by atoms with Crippen LogP contribution in [0, 0.1) is 6.92 Å². The van der Waals surface area contributed by atoms with Crippen molar-refractivity contribution in [2.45, 2.75) is 70.9 Å². The molecule has 0 aliphatic rings.